The van der Waals surface area contributed by atoms with Crippen LogP contribution in [0, 0.1) is 0 Å². The minimum atomic E-state index is -0.147. The molecule has 0 fully saturated rings. The van der Waals surface area contributed by atoms with E-state index in [1.807, 2.05) is 54.7 Å². The van der Waals surface area contributed by atoms with Gasteiger partial charge in [0.25, 0.3) is 0 Å². The van der Waals surface area contributed by atoms with E-state index < -0.39 is 0 Å². The van der Waals surface area contributed by atoms with Gasteiger partial charge in [-0.25, -0.2) is 0 Å². The zero-order chi connectivity index (χ0) is 12.8. The van der Waals surface area contributed by atoms with Crippen LogP contribution >= 0.6 is 11.8 Å². The Kier molecular flexibility index (Phi) is 2.29. The largest absolute Gasteiger partial charge is 0.285 e. The first-order valence-electron chi connectivity index (χ1n) is 6.20. The Morgan fingerprint density at radius 3 is 2.63 bits per heavy atom. The molecule has 1 unspecified atom stereocenters. The van der Waals surface area contributed by atoms with E-state index in [-0.39, 0.29) is 11.2 Å². The molecule has 92 valence electrons. The first-order chi connectivity index (χ1) is 9.34. The molecule has 1 aliphatic heterocycles. The third-order valence-electron chi connectivity index (χ3n) is 3.48. The SMILES string of the molecule is O=C1C(c2ccccc2)Sc2cccc3ccn1c23. The predicted octanol–water partition coefficient (Wildman–Crippen LogP) is 4.13. The van der Waals surface area contributed by atoms with Crippen molar-refractivity contribution in [3.63, 3.8) is 0 Å². The summed E-state index contributed by atoms with van der Waals surface area (Å²) in [7, 11) is 0. The quantitative estimate of drug-likeness (QED) is 0.660. The molecule has 0 saturated heterocycles. The smallest absolute Gasteiger partial charge is 0.249 e. The zero-order valence-corrected chi connectivity index (χ0v) is 10.9. The summed E-state index contributed by atoms with van der Waals surface area (Å²) in [5.41, 5.74) is 2.11. The first kappa shape index (κ1) is 10.9. The van der Waals surface area contributed by atoms with E-state index in [4.69, 9.17) is 0 Å². The summed E-state index contributed by atoms with van der Waals surface area (Å²) in [5.74, 6) is 0.143. The summed E-state index contributed by atoms with van der Waals surface area (Å²) in [6.07, 6.45) is 1.88. The molecule has 0 radical (unpaired) electrons. The Balaban J connectivity index is 1.91. The molecule has 0 aliphatic carbocycles. The fourth-order valence-corrected chi connectivity index (χ4v) is 3.83. The summed E-state index contributed by atoms with van der Waals surface area (Å²) < 4.78 is 1.79. The van der Waals surface area contributed by atoms with E-state index in [0.29, 0.717) is 0 Å². The third-order valence-corrected chi connectivity index (χ3v) is 4.78. The second-order valence-corrected chi connectivity index (χ2v) is 5.77. The van der Waals surface area contributed by atoms with E-state index in [0.717, 1.165) is 16.5 Å². The highest BCUT2D eigenvalue weighted by Crippen LogP contribution is 2.44. The number of aromatic nitrogens is 1. The number of rotatable bonds is 1. The summed E-state index contributed by atoms with van der Waals surface area (Å²) in [6.45, 7) is 0. The normalized spacial score (nSPS) is 17.9. The van der Waals surface area contributed by atoms with E-state index >= 15 is 0 Å². The lowest BCUT2D eigenvalue weighted by molar-refractivity contribution is 0.0913. The summed E-state index contributed by atoms with van der Waals surface area (Å²) in [5, 5.41) is 0.983. The molecule has 0 N–H and O–H groups in total. The highest BCUT2D eigenvalue weighted by Gasteiger charge is 2.30. The molecule has 3 heteroatoms. The molecule has 0 spiro atoms. The molecule has 19 heavy (non-hydrogen) atoms. The Labute approximate surface area is 115 Å². The number of hydrogen-bond acceptors (Lipinski definition) is 2. The molecule has 0 bridgehead atoms. The highest BCUT2D eigenvalue weighted by molar-refractivity contribution is 8.00. The van der Waals surface area contributed by atoms with E-state index in [9.17, 15) is 4.79 Å². The Morgan fingerprint density at radius 2 is 1.79 bits per heavy atom. The number of benzene rings is 2. The van der Waals surface area contributed by atoms with Crippen molar-refractivity contribution in [2.45, 2.75) is 10.1 Å². The van der Waals surface area contributed by atoms with Gasteiger partial charge >= 0.3 is 0 Å². The van der Waals surface area contributed by atoms with E-state index in [2.05, 4.69) is 6.07 Å². The van der Waals surface area contributed by atoms with Gasteiger partial charge in [0.1, 0.15) is 5.25 Å². The van der Waals surface area contributed by atoms with Gasteiger partial charge in [-0.15, -0.1) is 11.8 Å². The van der Waals surface area contributed by atoms with Gasteiger partial charge in [0, 0.05) is 16.5 Å². The average molecular weight is 265 g/mol. The van der Waals surface area contributed by atoms with Crippen molar-refractivity contribution in [1.29, 1.82) is 0 Å². The van der Waals surface area contributed by atoms with E-state index in [1.165, 1.54) is 4.90 Å². The summed E-state index contributed by atoms with van der Waals surface area (Å²) in [6, 6.07) is 18.2. The lowest BCUT2D eigenvalue weighted by Crippen LogP contribution is -2.20. The van der Waals surface area contributed by atoms with Crippen LogP contribution in [0.25, 0.3) is 10.9 Å². The molecule has 3 aromatic rings. The van der Waals surface area contributed by atoms with Crippen molar-refractivity contribution < 1.29 is 4.79 Å². The summed E-state index contributed by atoms with van der Waals surface area (Å²) >= 11 is 1.64. The molecular formula is C16H11NOS. The number of thioether (sulfide) groups is 1. The van der Waals surface area contributed by atoms with Gasteiger partial charge in [-0.05, 0) is 17.7 Å². The molecule has 1 atom stereocenters. The number of para-hydroxylation sites is 1. The average Bonchev–Trinajstić information content (AvgIpc) is 2.89. The maximum absolute atomic E-state index is 12.6. The van der Waals surface area contributed by atoms with Crippen molar-refractivity contribution in [2.24, 2.45) is 0 Å². The lowest BCUT2D eigenvalue weighted by Gasteiger charge is -2.22. The fourth-order valence-electron chi connectivity index (χ4n) is 2.58. The molecule has 2 aromatic carbocycles. The minimum Gasteiger partial charge on any atom is -0.285 e. The topological polar surface area (TPSA) is 22.0 Å². The van der Waals surface area contributed by atoms with E-state index in [1.54, 1.807) is 16.3 Å². The Bertz CT molecular complexity index is 776. The fraction of sp³-hybridized carbons (Fsp3) is 0.0625. The van der Waals surface area contributed by atoms with Crippen molar-refractivity contribution >= 4 is 28.6 Å². The molecule has 0 saturated carbocycles. The van der Waals surface area contributed by atoms with Crippen LogP contribution in [-0.2, 0) is 0 Å². The van der Waals surface area contributed by atoms with Crippen LogP contribution < -0.4 is 0 Å². The van der Waals surface area contributed by atoms with Crippen LogP contribution in [0.5, 0.6) is 0 Å². The highest BCUT2D eigenvalue weighted by atomic mass is 32.2. The van der Waals surface area contributed by atoms with Crippen LogP contribution in [0.4, 0.5) is 0 Å². The lowest BCUT2D eigenvalue weighted by atomic mass is 10.1. The second-order valence-electron chi connectivity index (χ2n) is 4.63. The maximum atomic E-state index is 12.6. The van der Waals surface area contributed by atoms with Crippen LogP contribution in [0.3, 0.4) is 0 Å². The molecule has 2 nitrogen and oxygen atoms in total. The second kappa shape index (κ2) is 4.00. The molecule has 4 rings (SSSR count). The first-order valence-corrected chi connectivity index (χ1v) is 7.08. The van der Waals surface area contributed by atoms with Gasteiger partial charge in [-0.2, -0.15) is 0 Å². The van der Waals surface area contributed by atoms with Crippen LogP contribution in [0.2, 0.25) is 0 Å². The molecular weight excluding hydrogens is 254 g/mol. The van der Waals surface area contributed by atoms with Gasteiger partial charge in [0.2, 0.25) is 5.91 Å². The van der Waals surface area contributed by atoms with Gasteiger partial charge in [-0.3, -0.25) is 9.36 Å². The zero-order valence-electron chi connectivity index (χ0n) is 10.1. The van der Waals surface area contributed by atoms with Crippen molar-refractivity contribution in [2.75, 3.05) is 0 Å². The molecule has 0 amide bonds. The summed E-state index contributed by atoms with van der Waals surface area (Å²) in [4.78, 5) is 13.8. The predicted molar refractivity (Wildman–Crippen MR) is 77.6 cm³/mol. The number of carbonyl (C=O) groups excluding carboxylic acids is 1. The van der Waals surface area contributed by atoms with Gasteiger partial charge in [0.05, 0.1) is 5.52 Å². The maximum Gasteiger partial charge on any atom is 0.249 e. The van der Waals surface area contributed by atoms with Gasteiger partial charge in [0.15, 0.2) is 0 Å². The van der Waals surface area contributed by atoms with Gasteiger partial charge < -0.3 is 0 Å². The number of hydrogen-bond donors (Lipinski definition) is 0. The van der Waals surface area contributed by atoms with Gasteiger partial charge in [-0.1, -0.05) is 42.5 Å². The van der Waals surface area contributed by atoms with Crippen LogP contribution in [0.15, 0.2) is 65.7 Å². The Morgan fingerprint density at radius 1 is 0.947 bits per heavy atom. The van der Waals surface area contributed by atoms with Crippen LogP contribution in [-0.4, -0.2) is 10.5 Å². The van der Waals surface area contributed by atoms with Crippen molar-refractivity contribution in [1.82, 2.24) is 4.57 Å². The number of carbonyl (C=O) groups is 1. The standard InChI is InChI=1S/C16H11NOS/c18-16-15(12-5-2-1-3-6-12)19-13-8-4-7-11-9-10-17(16)14(11)13/h1-10,15H. The van der Waals surface area contributed by atoms with Crippen molar-refractivity contribution in [3.8, 4) is 0 Å². The van der Waals surface area contributed by atoms with Crippen LogP contribution in [0.1, 0.15) is 15.6 Å². The molecule has 1 aromatic heterocycles. The monoisotopic (exact) mass is 265 g/mol. The minimum absolute atomic E-state index is 0.143. The third kappa shape index (κ3) is 1.55. The number of nitrogens with zero attached hydrogens (tertiary/aromatic N) is 1. The Hall–Kier alpha value is -2.00. The molecule has 1 aliphatic rings. The molecule has 2 heterocycles. The van der Waals surface area contributed by atoms with Crippen molar-refractivity contribution in [3.05, 3.63) is 66.4 Å².